The van der Waals surface area contributed by atoms with Crippen molar-refractivity contribution < 1.29 is 4.79 Å². The number of hydrogen-bond donors (Lipinski definition) is 3. The van der Waals surface area contributed by atoms with Crippen LogP contribution in [0.15, 0.2) is 18.5 Å². The van der Waals surface area contributed by atoms with Crippen molar-refractivity contribution in [2.24, 2.45) is 0 Å². The zero-order valence-electron chi connectivity index (χ0n) is 9.87. The van der Waals surface area contributed by atoms with E-state index in [-0.39, 0.29) is 18.5 Å². The Labute approximate surface area is 95.7 Å². The SMILES string of the molecule is CNc1cncc(NCC(=O)NC(C)C)c1. The molecule has 0 spiro atoms. The highest BCUT2D eigenvalue weighted by atomic mass is 16.1. The Balaban J connectivity index is 2.45. The molecule has 5 nitrogen and oxygen atoms in total. The summed E-state index contributed by atoms with van der Waals surface area (Å²) in [6.45, 7) is 4.12. The highest BCUT2D eigenvalue weighted by Crippen LogP contribution is 2.11. The summed E-state index contributed by atoms with van der Waals surface area (Å²) in [6, 6.07) is 2.06. The van der Waals surface area contributed by atoms with Crippen LogP contribution in [0.1, 0.15) is 13.8 Å². The molecular formula is C11H18N4O. The number of carbonyl (C=O) groups is 1. The monoisotopic (exact) mass is 222 g/mol. The van der Waals surface area contributed by atoms with E-state index in [4.69, 9.17) is 0 Å². The molecule has 1 rings (SSSR count). The van der Waals surface area contributed by atoms with Crippen molar-refractivity contribution >= 4 is 17.3 Å². The normalized spacial score (nSPS) is 10.0. The Hall–Kier alpha value is -1.78. The third-order valence-electron chi connectivity index (χ3n) is 1.93. The number of aromatic nitrogens is 1. The molecule has 0 radical (unpaired) electrons. The van der Waals surface area contributed by atoms with Crippen molar-refractivity contribution in [2.75, 3.05) is 24.2 Å². The lowest BCUT2D eigenvalue weighted by Crippen LogP contribution is -2.34. The van der Waals surface area contributed by atoms with Gasteiger partial charge in [0.15, 0.2) is 0 Å². The van der Waals surface area contributed by atoms with Crippen LogP contribution in [0.3, 0.4) is 0 Å². The molecule has 1 aromatic heterocycles. The summed E-state index contributed by atoms with van der Waals surface area (Å²) in [7, 11) is 1.83. The average Bonchev–Trinajstić information content (AvgIpc) is 2.26. The molecule has 0 aliphatic heterocycles. The zero-order valence-corrected chi connectivity index (χ0v) is 9.87. The number of anilines is 2. The standard InChI is InChI=1S/C11H18N4O/c1-8(2)15-11(16)7-14-10-4-9(12-3)5-13-6-10/h4-6,8,12,14H,7H2,1-3H3,(H,15,16). The smallest absolute Gasteiger partial charge is 0.239 e. The summed E-state index contributed by atoms with van der Waals surface area (Å²) in [6.07, 6.45) is 3.41. The highest BCUT2D eigenvalue weighted by Gasteiger charge is 2.02. The first-order valence-corrected chi connectivity index (χ1v) is 5.28. The van der Waals surface area contributed by atoms with Crippen LogP contribution in [0.2, 0.25) is 0 Å². The van der Waals surface area contributed by atoms with Crippen LogP contribution in [-0.2, 0) is 4.79 Å². The third kappa shape index (κ3) is 4.16. The van der Waals surface area contributed by atoms with E-state index in [1.54, 1.807) is 12.4 Å². The van der Waals surface area contributed by atoms with Gasteiger partial charge in [0.05, 0.1) is 30.3 Å². The average molecular weight is 222 g/mol. The van der Waals surface area contributed by atoms with Crippen molar-refractivity contribution in [3.63, 3.8) is 0 Å². The first-order chi connectivity index (χ1) is 7.61. The first kappa shape index (κ1) is 12.3. The number of nitrogens with one attached hydrogen (secondary N) is 3. The van der Waals surface area contributed by atoms with Gasteiger partial charge in [0.2, 0.25) is 5.91 Å². The fourth-order valence-electron chi connectivity index (χ4n) is 1.23. The second-order valence-electron chi connectivity index (χ2n) is 3.79. The van der Waals surface area contributed by atoms with Gasteiger partial charge in [0, 0.05) is 13.1 Å². The largest absolute Gasteiger partial charge is 0.387 e. The van der Waals surface area contributed by atoms with Gasteiger partial charge in [0.25, 0.3) is 0 Å². The Morgan fingerprint density at radius 3 is 2.69 bits per heavy atom. The third-order valence-corrected chi connectivity index (χ3v) is 1.93. The zero-order chi connectivity index (χ0) is 12.0. The molecule has 88 valence electrons. The number of hydrogen-bond acceptors (Lipinski definition) is 4. The minimum absolute atomic E-state index is 0.0233. The van der Waals surface area contributed by atoms with Gasteiger partial charge in [-0.3, -0.25) is 9.78 Å². The number of amides is 1. The Morgan fingerprint density at radius 1 is 1.38 bits per heavy atom. The maximum atomic E-state index is 11.4. The maximum Gasteiger partial charge on any atom is 0.239 e. The van der Waals surface area contributed by atoms with Crippen LogP contribution in [0.4, 0.5) is 11.4 Å². The molecule has 1 heterocycles. The molecule has 0 saturated carbocycles. The van der Waals surface area contributed by atoms with E-state index in [1.165, 1.54) is 0 Å². The lowest BCUT2D eigenvalue weighted by molar-refractivity contribution is -0.119. The molecule has 0 saturated heterocycles. The minimum atomic E-state index is -0.0233. The number of pyridine rings is 1. The molecule has 16 heavy (non-hydrogen) atoms. The van der Waals surface area contributed by atoms with Gasteiger partial charge in [-0.05, 0) is 19.9 Å². The quantitative estimate of drug-likeness (QED) is 0.697. The van der Waals surface area contributed by atoms with E-state index in [0.717, 1.165) is 11.4 Å². The minimum Gasteiger partial charge on any atom is -0.387 e. The van der Waals surface area contributed by atoms with E-state index in [2.05, 4.69) is 20.9 Å². The van der Waals surface area contributed by atoms with Gasteiger partial charge in [0.1, 0.15) is 0 Å². The molecule has 0 unspecified atom stereocenters. The molecule has 0 atom stereocenters. The van der Waals surface area contributed by atoms with Crippen molar-refractivity contribution in [1.82, 2.24) is 10.3 Å². The van der Waals surface area contributed by atoms with Crippen LogP contribution in [-0.4, -0.2) is 30.5 Å². The van der Waals surface area contributed by atoms with E-state index in [1.807, 2.05) is 27.0 Å². The van der Waals surface area contributed by atoms with E-state index in [0.29, 0.717) is 0 Å². The molecule has 1 aromatic rings. The topological polar surface area (TPSA) is 66.0 Å². The predicted molar refractivity (Wildman–Crippen MR) is 65.6 cm³/mol. The Bertz CT molecular complexity index is 352. The van der Waals surface area contributed by atoms with Crippen LogP contribution in [0.25, 0.3) is 0 Å². The van der Waals surface area contributed by atoms with Gasteiger partial charge < -0.3 is 16.0 Å². The summed E-state index contributed by atoms with van der Waals surface area (Å²) < 4.78 is 0. The van der Waals surface area contributed by atoms with Crippen molar-refractivity contribution in [2.45, 2.75) is 19.9 Å². The lowest BCUT2D eigenvalue weighted by atomic mass is 10.3. The van der Waals surface area contributed by atoms with E-state index < -0.39 is 0 Å². The van der Waals surface area contributed by atoms with Gasteiger partial charge in [-0.2, -0.15) is 0 Å². The molecular weight excluding hydrogens is 204 g/mol. The van der Waals surface area contributed by atoms with Gasteiger partial charge in [-0.15, -0.1) is 0 Å². The fourth-order valence-corrected chi connectivity index (χ4v) is 1.23. The second kappa shape index (κ2) is 5.95. The summed E-state index contributed by atoms with van der Waals surface area (Å²) in [5.41, 5.74) is 1.74. The van der Waals surface area contributed by atoms with Gasteiger partial charge in [-0.1, -0.05) is 0 Å². The van der Waals surface area contributed by atoms with Crippen molar-refractivity contribution in [1.29, 1.82) is 0 Å². The van der Waals surface area contributed by atoms with Crippen molar-refractivity contribution in [3.05, 3.63) is 18.5 Å². The summed E-state index contributed by atoms with van der Waals surface area (Å²) in [5, 5.41) is 8.80. The first-order valence-electron chi connectivity index (χ1n) is 5.28. The maximum absolute atomic E-state index is 11.4. The molecule has 5 heteroatoms. The molecule has 3 N–H and O–H groups in total. The van der Waals surface area contributed by atoms with Crippen molar-refractivity contribution in [3.8, 4) is 0 Å². The fraction of sp³-hybridized carbons (Fsp3) is 0.455. The van der Waals surface area contributed by atoms with Gasteiger partial charge in [-0.25, -0.2) is 0 Å². The number of rotatable bonds is 5. The summed E-state index contributed by atoms with van der Waals surface area (Å²) in [4.78, 5) is 15.4. The van der Waals surface area contributed by atoms with E-state index >= 15 is 0 Å². The summed E-state index contributed by atoms with van der Waals surface area (Å²) in [5.74, 6) is -0.0233. The second-order valence-corrected chi connectivity index (χ2v) is 3.79. The van der Waals surface area contributed by atoms with Crippen LogP contribution in [0.5, 0.6) is 0 Å². The number of carbonyl (C=O) groups excluding carboxylic acids is 1. The van der Waals surface area contributed by atoms with Crippen LogP contribution < -0.4 is 16.0 Å². The highest BCUT2D eigenvalue weighted by molar-refractivity contribution is 5.81. The molecule has 0 bridgehead atoms. The molecule has 0 fully saturated rings. The van der Waals surface area contributed by atoms with Crippen LogP contribution in [0, 0.1) is 0 Å². The van der Waals surface area contributed by atoms with Gasteiger partial charge >= 0.3 is 0 Å². The Morgan fingerprint density at radius 2 is 2.06 bits per heavy atom. The summed E-state index contributed by atoms with van der Waals surface area (Å²) >= 11 is 0. The molecule has 0 aromatic carbocycles. The van der Waals surface area contributed by atoms with Crippen LogP contribution >= 0.6 is 0 Å². The lowest BCUT2D eigenvalue weighted by Gasteiger charge is -2.10. The number of nitrogens with zero attached hydrogens (tertiary/aromatic N) is 1. The van der Waals surface area contributed by atoms with E-state index in [9.17, 15) is 4.79 Å². The molecule has 0 aliphatic carbocycles. The molecule has 0 aliphatic rings. The molecule has 1 amide bonds. The Kier molecular flexibility index (Phi) is 4.57. The predicted octanol–water partition coefficient (Wildman–Crippen LogP) is 1.06.